The highest BCUT2D eigenvalue weighted by molar-refractivity contribution is 5.52. The first-order chi connectivity index (χ1) is 4.92. The Morgan fingerprint density at radius 3 is 2.18 bits per heavy atom. The fourth-order valence-corrected chi connectivity index (χ4v) is 0.788. The molecule has 0 aliphatic rings. The summed E-state index contributed by atoms with van der Waals surface area (Å²) in [6, 6.07) is 0. The van der Waals surface area contributed by atoms with Crippen LogP contribution in [-0.4, -0.2) is 30.3 Å². The molecule has 0 atom stereocenters. The lowest BCUT2D eigenvalue weighted by atomic mass is 9.89. The van der Waals surface area contributed by atoms with E-state index in [2.05, 4.69) is 32.6 Å². The summed E-state index contributed by atoms with van der Waals surface area (Å²) in [5, 5.41) is 0. The fraction of sp³-hybridized carbons (Fsp3) is 0.889. The maximum Gasteiger partial charge on any atom is 0.133 e. The summed E-state index contributed by atoms with van der Waals surface area (Å²) in [4.78, 5) is 12.3. The van der Waals surface area contributed by atoms with Gasteiger partial charge in [0.1, 0.15) is 6.29 Å². The molecule has 11 heavy (non-hydrogen) atoms. The molecule has 0 aliphatic heterocycles. The van der Waals surface area contributed by atoms with Gasteiger partial charge in [0.05, 0.1) is 6.54 Å². The Balaban J connectivity index is 4.16. The van der Waals surface area contributed by atoms with Crippen molar-refractivity contribution in [3.05, 3.63) is 0 Å². The lowest BCUT2D eigenvalue weighted by Gasteiger charge is -2.38. The van der Waals surface area contributed by atoms with Gasteiger partial charge in [0, 0.05) is 5.54 Å². The molecule has 0 spiro atoms. The van der Waals surface area contributed by atoms with Crippen LogP contribution in [0.3, 0.4) is 0 Å². The van der Waals surface area contributed by atoms with Crippen molar-refractivity contribution in [3.8, 4) is 0 Å². The molecule has 0 saturated heterocycles. The van der Waals surface area contributed by atoms with Gasteiger partial charge in [0.2, 0.25) is 0 Å². The van der Waals surface area contributed by atoms with E-state index in [9.17, 15) is 4.79 Å². The Bertz CT molecular complexity index is 130. The molecule has 0 radical (unpaired) electrons. The highest BCUT2D eigenvalue weighted by Gasteiger charge is 2.26. The summed E-state index contributed by atoms with van der Waals surface area (Å²) in [6.45, 7) is 9.16. The van der Waals surface area contributed by atoms with Crippen LogP contribution in [0.15, 0.2) is 0 Å². The third kappa shape index (κ3) is 2.62. The second-order valence-corrected chi connectivity index (χ2v) is 3.86. The van der Waals surface area contributed by atoms with Gasteiger partial charge in [0.15, 0.2) is 0 Å². The van der Waals surface area contributed by atoms with Gasteiger partial charge in [-0.15, -0.1) is 0 Å². The first-order valence-corrected chi connectivity index (χ1v) is 4.07. The highest BCUT2D eigenvalue weighted by atomic mass is 16.1. The van der Waals surface area contributed by atoms with Crippen molar-refractivity contribution in [1.82, 2.24) is 4.90 Å². The molecule has 0 rings (SSSR count). The van der Waals surface area contributed by atoms with Crippen molar-refractivity contribution in [2.24, 2.45) is 5.92 Å². The van der Waals surface area contributed by atoms with Crippen LogP contribution in [0, 0.1) is 5.92 Å². The third-order valence-corrected chi connectivity index (χ3v) is 2.75. The van der Waals surface area contributed by atoms with Crippen LogP contribution in [-0.2, 0) is 4.79 Å². The molecule has 0 N–H and O–H groups in total. The molecule has 0 unspecified atom stereocenters. The summed E-state index contributed by atoms with van der Waals surface area (Å²) in [7, 11) is 1.98. The van der Waals surface area contributed by atoms with Crippen LogP contribution in [0.5, 0.6) is 0 Å². The average Bonchev–Trinajstić information content (AvgIpc) is 1.88. The second-order valence-electron chi connectivity index (χ2n) is 3.86. The summed E-state index contributed by atoms with van der Waals surface area (Å²) < 4.78 is 0. The van der Waals surface area contributed by atoms with Crippen molar-refractivity contribution in [2.75, 3.05) is 13.6 Å². The number of rotatable bonds is 4. The highest BCUT2D eigenvalue weighted by Crippen LogP contribution is 2.21. The van der Waals surface area contributed by atoms with Crippen molar-refractivity contribution >= 4 is 6.29 Å². The smallest absolute Gasteiger partial charge is 0.133 e. The van der Waals surface area contributed by atoms with Gasteiger partial charge in [-0.2, -0.15) is 0 Å². The fourth-order valence-electron chi connectivity index (χ4n) is 0.788. The standard InChI is InChI=1S/C9H19NO/c1-8(2)9(3,4)10(5)6-7-11/h7-8H,6H2,1-5H3. The number of likely N-dealkylation sites (N-methyl/N-ethyl adjacent to an activating group) is 1. The van der Waals surface area contributed by atoms with Gasteiger partial charge in [-0.25, -0.2) is 0 Å². The van der Waals surface area contributed by atoms with E-state index in [1.54, 1.807) is 0 Å². The van der Waals surface area contributed by atoms with E-state index in [1.807, 2.05) is 7.05 Å². The third-order valence-electron chi connectivity index (χ3n) is 2.75. The number of carbonyl (C=O) groups is 1. The Morgan fingerprint density at radius 1 is 1.45 bits per heavy atom. The normalized spacial score (nSPS) is 12.6. The van der Waals surface area contributed by atoms with Crippen LogP contribution >= 0.6 is 0 Å². The largest absolute Gasteiger partial charge is 0.302 e. The Kier molecular flexibility index (Phi) is 3.73. The van der Waals surface area contributed by atoms with Gasteiger partial charge in [-0.1, -0.05) is 13.8 Å². The van der Waals surface area contributed by atoms with E-state index >= 15 is 0 Å². The van der Waals surface area contributed by atoms with Crippen molar-refractivity contribution in [3.63, 3.8) is 0 Å². The van der Waals surface area contributed by atoms with Crippen LogP contribution in [0.25, 0.3) is 0 Å². The van der Waals surface area contributed by atoms with Crippen molar-refractivity contribution in [2.45, 2.75) is 33.2 Å². The zero-order valence-electron chi connectivity index (χ0n) is 8.22. The van der Waals surface area contributed by atoms with Crippen LogP contribution in [0.1, 0.15) is 27.7 Å². The summed E-state index contributed by atoms with van der Waals surface area (Å²) in [5.41, 5.74) is 0.112. The van der Waals surface area contributed by atoms with Crippen LogP contribution in [0.2, 0.25) is 0 Å². The van der Waals surface area contributed by atoms with Gasteiger partial charge in [0.25, 0.3) is 0 Å². The van der Waals surface area contributed by atoms with Crippen LogP contribution in [0.4, 0.5) is 0 Å². The molecule has 0 aromatic heterocycles. The minimum absolute atomic E-state index is 0.112. The Labute approximate surface area is 69.6 Å². The molecular weight excluding hydrogens is 138 g/mol. The number of aldehydes is 1. The van der Waals surface area contributed by atoms with Crippen LogP contribution < -0.4 is 0 Å². The first kappa shape index (κ1) is 10.6. The second kappa shape index (κ2) is 3.86. The first-order valence-electron chi connectivity index (χ1n) is 4.07. The predicted octanol–water partition coefficient (Wildman–Crippen LogP) is 1.55. The molecule has 0 saturated carbocycles. The minimum Gasteiger partial charge on any atom is -0.302 e. The molecule has 0 bridgehead atoms. The summed E-state index contributed by atoms with van der Waals surface area (Å²) in [5.74, 6) is 0.562. The number of nitrogens with zero attached hydrogens (tertiary/aromatic N) is 1. The van der Waals surface area contributed by atoms with E-state index in [0.29, 0.717) is 12.5 Å². The van der Waals surface area contributed by atoms with E-state index < -0.39 is 0 Å². The molecule has 2 heteroatoms. The quantitative estimate of drug-likeness (QED) is 0.577. The number of hydrogen-bond donors (Lipinski definition) is 0. The van der Waals surface area contributed by atoms with Gasteiger partial charge in [-0.05, 0) is 26.8 Å². The van der Waals surface area contributed by atoms with Crippen molar-refractivity contribution in [1.29, 1.82) is 0 Å². The van der Waals surface area contributed by atoms with Gasteiger partial charge >= 0.3 is 0 Å². The Morgan fingerprint density at radius 2 is 1.91 bits per heavy atom. The van der Waals surface area contributed by atoms with Gasteiger partial charge in [-0.3, -0.25) is 4.90 Å². The number of carbonyl (C=O) groups excluding carboxylic acids is 1. The molecule has 0 heterocycles. The average molecular weight is 157 g/mol. The molecule has 0 amide bonds. The molecular formula is C9H19NO. The minimum atomic E-state index is 0.112. The Hall–Kier alpha value is -0.370. The lowest BCUT2D eigenvalue weighted by molar-refractivity contribution is -0.110. The van der Waals surface area contributed by atoms with E-state index in [4.69, 9.17) is 0 Å². The van der Waals surface area contributed by atoms with E-state index in [1.165, 1.54) is 0 Å². The van der Waals surface area contributed by atoms with Gasteiger partial charge < -0.3 is 4.79 Å². The lowest BCUT2D eigenvalue weighted by Crippen LogP contribution is -2.46. The molecule has 2 nitrogen and oxygen atoms in total. The monoisotopic (exact) mass is 157 g/mol. The summed E-state index contributed by atoms with van der Waals surface area (Å²) >= 11 is 0. The predicted molar refractivity (Wildman–Crippen MR) is 47.6 cm³/mol. The molecule has 0 aromatic carbocycles. The van der Waals surface area contributed by atoms with E-state index in [-0.39, 0.29) is 5.54 Å². The zero-order chi connectivity index (χ0) is 9.07. The molecule has 66 valence electrons. The molecule has 0 fully saturated rings. The maximum absolute atomic E-state index is 10.2. The van der Waals surface area contributed by atoms with E-state index in [0.717, 1.165) is 6.29 Å². The van der Waals surface area contributed by atoms with Crippen molar-refractivity contribution < 1.29 is 4.79 Å². The molecule has 0 aromatic rings. The maximum atomic E-state index is 10.2. The number of hydrogen-bond acceptors (Lipinski definition) is 2. The zero-order valence-corrected chi connectivity index (χ0v) is 8.22. The summed E-state index contributed by atoms with van der Waals surface area (Å²) in [6.07, 6.45) is 0.949. The topological polar surface area (TPSA) is 20.3 Å². The SMILES string of the molecule is CC(C)C(C)(C)N(C)CC=O. The molecule has 0 aliphatic carbocycles.